The van der Waals surface area contributed by atoms with Crippen molar-refractivity contribution in [3.8, 4) is 0 Å². The molecule has 17 heavy (non-hydrogen) atoms. The Morgan fingerprint density at radius 1 is 1.41 bits per heavy atom. The number of methoxy groups -OCH3 is 1. The van der Waals surface area contributed by atoms with Gasteiger partial charge in [-0.3, -0.25) is 0 Å². The number of ether oxygens (including phenoxy) is 1. The van der Waals surface area contributed by atoms with Crippen LogP contribution in [0.2, 0.25) is 5.02 Å². The van der Waals surface area contributed by atoms with Gasteiger partial charge >= 0.3 is 0 Å². The van der Waals surface area contributed by atoms with Crippen LogP contribution in [0.15, 0.2) is 18.2 Å². The number of rotatable bonds is 4. The van der Waals surface area contributed by atoms with E-state index in [4.69, 9.17) is 16.3 Å². The lowest BCUT2D eigenvalue weighted by Crippen LogP contribution is -2.09. The first kappa shape index (κ1) is 12.4. The fraction of sp³-hybridized carbons (Fsp3) is 0.462. The van der Waals surface area contributed by atoms with E-state index in [1.54, 1.807) is 7.11 Å². The number of imidazole rings is 1. The normalized spacial score (nSPS) is 11.6. The molecule has 0 unspecified atom stereocenters. The molecule has 0 atom stereocenters. The van der Waals surface area contributed by atoms with Crippen molar-refractivity contribution >= 4 is 22.6 Å². The number of benzene rings is 1. The van der Waals surface area contributed by atoms with Crippen molar-refractivity contribution in [3.63, 3.8) is 0 Å². The van der Waals surface area contributed by atoms with Gasteiger partial charge in [0.05, 0.1) is 11.0 Å². The van der Waals surface area contributed by atoms with Crippen molar-refractivity contribution in [1.29, 1.82) is 0 Å². The Labute approximate surface area is 106 Å². The van der Waals surface area contributed by atoms with Gasteiger partial charge in [-0.15, -0.1) is 0 Å². The summed E-state index contributed by atoms with van der Waals surface area (Å²) in [5, 5.41) is 0.742. The summed E-state index contributed by atoms with van der Waals surface area (Å²) in [6.45, 7) is 5.83. The van der Waals surface area contributed by atoms with Gasteiger partial charge in [-0.2, -0.15) is 0 Å². The second-order valence-electron chi connectivity index (χ2n) is 4.60. The molecule has 0 radical (unpaired) electrons. The summed E-state index contributed by atoms with van der Waals surface area (Å²) < 4.78 is 7.38. The zero-order valence-electron chi connectivity index (χ0n) is 10.4. The lowest BCUT2D eigenvalue weighted by molar-refractivity contribution is 0.174. The molecule has 1 heterocycles. The maximum atomic E-state index is 6.04. The minimum absolute atomic E-state index is 0.527. The van der Waals surface area contributed by atoms with Crippen molar-refractivity contribution < 1.29 is 4.74 Å². The zero-order valence-corrected chi connectivity index (χ0v) is 11.2. The molecular formula is C13H17ClN2O. The summed E-state index contributed by atoms with van der Waals surface area (Å²) in [7, 11) is 1.69. The van der Waals surface area contributed by atoms with Crippen LogP contribution in [0.3, 0.4) is 0 Å². The third kappa shape index (κ3) is 2.61. The highest BCUT2D eigenvalue weighted by atomic mass is 35.5. The molecule has 0 bridgehead atoms. The predicted octanol–water partition coefficient (Wildman–Crippen LogP) is 3.49. The smallest absolute Gasteiger partial charge is 0.135 e. The van der Waals surface area contributed by atoms with Gasteiger partial charge in [0.25, 0.3) is 0 Å². The van der Waals surface area contributed by atoms with Crippen LogP contribution in [0.25, 0.3) is 11.0 Å². The molecule has 4 heteroatoms. The number of hydrogen-bond donors (Lipinski definition) is 0. The van der Waals surface area contributed by atoms with Crippen LogP contribution in [-0.2, 0) is 17.9 Å². The quantitative estimate of drug-likeness (QED) is 0.833. The van der Waals surface area contributed by atoms with Crippen molar-refractivity contribution in [2.24, 2.45) is 5.92 Å². The standard InChI is InChI=1S/C13H17ClN2O/c1-9(2)7-16-12-6-10(14)4-5-11(12)15-13(16)8-17-3/h4-6,9H,7-8H2,1-3H3. The molecule has 92 valence electrons. The first-order valence-corrected chi connectivity index (χ1v) is 6.13. The summed E-state index contributed by atoms with van der Waals surface area (Å²) in [4.78, 5) is 4.58. The lowest BCUT2D eigenvalue weighted by atomic mass is 10.2. The Balaban J connectivity index is 2.55. The molecule has 1 aromatic heterocycles. The Morgan fingerprint density at radius 2 is 2.18 bits per heavy atom. The molecule has 2 aromatic rings. The molecule has 0 aliphatic carbocycles. The molecule has 0 saturated heterocycles. The van der Waals surface area contributed by atoms with Crippen LogP contribution >= 0.6 is 11.6 Å². The second kappa shape index (κ2) is 5.07. The third-order valence-electron chi connectivity index (χ3n) is 2.61. The van der Waals surface area contributed by atoms with E-state index in [-0.39, 0.29) is 0 Å². The molecular weight excluding hydrogens is 236 g/mol. The molecule has 2 rings (SSSR count). The molecule has 0 fully saturated rings. The highest BCUT2D eigenvalue weighted by Gasteiger charge is 2.11. The van der Waals surface area contributed by atoms with Gasteiger partial charge in [0.1, 0.15) is 12.4 Å². The highest BCUT2D eigenvalue weighted by Crippen LogP contribution is 2.22. The number of aromatic nitrogens is 2. The summed E-state index contributed by atoms with van der Waals surface area (Å²) in [5.41, 5.74) is 2.06. The van der Waals surface area contributed by atoms with E-state index in [0.29, 0.717) is 12.5 Å². The first-order valence-electron chi connectivity index (χ1n) is 5.75. The highest BCUT2D eigenvalue weighted by molar-refractivity contribution is 6.31. The van der Waals surface area contributed by atoms with Crippen LogP contribution < -0.4 is 0 Å². The van der Waals surface area contributed by atoms with Gasteiger partial charge < -0.3 is 9.30 Å². The fourth-order valence-corrected chi connectivity index (χ4v) is 2.12. The van der Waals surface area contributed by atoms with E-state index in [0.717, 1.165) is 28.4 Å². The monoisotopic (exact) mass is 252 g/mol. The van der Waals surface area contributed by atoms with E-state index in [2.05, 4.69) is 23.4 Å². The number of nitrogens with zero attached hydrogens (tertiary/aromatic N) is 2. The first-order chi connectivity index (χ1) is 8.11. The Bertz CT molecular complexity index is 519. The number of halogens is 1. The minimum Gasteiger partial charge on any atom is -0.377 e. The van der Waals surface area contributed by atoms with E-state index in [1.165, 1.54) is 0 Å². The molecule has 0 aliphatic rings. The maximum Gasteiger partial charge on any atom is 0.135 e. The molecule has 0 amide bonds. The van der Waals surface area contributed by atoms with Crippen LogP contribution in [0.5, 0.6) is 0 Å². The maximum absolute atomic E-state index is 6.04. The van der Waals surface area contributed by atoms with E-state index >= 15 is 0 Å². The lowest BCUT2D eigenvalue weighted by Gasteiger charge is -2.11. The van der Waals surface area contributed by atoms with Gasteiger partial charge in [-0.05, 0) is 24.1 Å². The van der Waals surface area contributed by atoms with Crippen molar-refractivity contribution in [2.45, 2.75) is 27.0 Å². The average Bonchev–Trinajstić information content (AvgIpc) is 2.57. The molecule has 0 saturated carbocycles. The van der Waals surface area contributed by atoms with Crippen LogP contribution in [0.4, 0.5) is 0 Å². The van der Waals surface area contributed by atoms with E-state index < -0.39 is 0 Å². The zero-order chi connectivity index (χ0) is 12.4. The summed E-state index contributed by atoms with van der Waals surface area (Å²) >= 11 is 6.04. The van der Waals surface area contributed by atoms with Crippen molar-refractivity contribution in [1.82, 2.24) is 9.55 Å². The van der Waals surface area contributed by atoms with Gasteiger partial charge in [0.15, 0.2) is 0 Å². The topological polar surface area (TPSA) is 27.1 Å². The third-order valence-corrected chi connectivity index (χ3v) is 2.85. The van der Waals surface area contributed by atoms with Gasteiger partial charge in [0, 0.05) is 18.7 Å². The van der Waals surface area contributed by atoms with Crippen molar-refractivity contribution in [3.05, 3.63) is 29.0 Å². The largest absolute Gasteiger partial charge is 0.377 e. The molecule has 0 spiro atoms. The second-order valence-corrected chi connectivity index (χ2v) is 5.03. The molecule has 1 aromatic carbocycles. The molecule has 3 nitrogen and oxygen atoms in total. The average molecular weight is 253 g/mol. The minimum atomic E-state index is 0.527. The summed E-state index contributed by atoms with van der Waals surface area (Å²) in [6, 6.07) is 5.78. The predicted molar refractivity (Wildman–Crippen MR) is 70.3 cm³/mol. The Kier molecular flexibility index (Phi) is 3.69. The van der Waals surface area contributed by atoms with Crippen LogP contribution in [0, 0.1) is 5.92 Å². The Hall–Kier alpha value is -1.06. The van der Waals surface area contributed by atoms with Crippen molar-refractivity contribution in [2.75, 3.05) is 7.11 Å². The SMILES string of the molecule is COCc1nc2ccc(Cl)cc2n1CC(C)C. The summed E-state index contributed by atoms with van der Waals surface area (Å²) in [6.07, 6.45) is 0. The fourth-order valence-electron chi connectivity index (χ4n) is 1.95. The number of fused-ring (bicyclic) bond motifs is 1. The van der Waals surface area contributed by atoms with Gasteiger partial charge in [0.2, 0.25) is 0 Å². The van der Waals surface area contributed by atoms with Crippen LogP contribution in [-0.4, -0.2) is 16.7 Å². The van der Waals surface area contributed by atoms with Crippen LogP contribution in [0.1, 0.15) is 19.7 Å². The van der Waals surface area contributed by atoms with Gasteiger partial charge in [-0.25, -0.2) is 4.98 Å². The Morgan fingerprint density at radius 3 is 2.82 bits per heavy atom. The van der Waals surface area contributed by atoms with E-state index in [1.807, 2.05) is 18.2 Å². The van der Waals surface area contributed by atoms with E-state index in [9.17, 15) is 0 Å². The molecule has 0 aliphatic heterocycles. The van der Waals surface area contributed by atoms with Gasteiger partial charge in [-0.1, -0.05) is 25.4 Å². The molecule has 0 N–H and O–H groups in total. The number of hydrogen-bond acceptors (Lipinski definition) is 2. The summed E-state index contributed by atoms with van der Waals surface area (Å²) in [5.74, 6) is 1.51.